The molecular weight excluding hydrogens is 381 g/mol. The Labute approximate surface area is 165 Å². The van der Waals surface area contributed by atoms with Gasteiger partial charge in [-0.1, -0.05) is 0 Å². The second kappa shape index (κ2) is 7.66. The number of halogens is 1. The molecule has 0 saturated carbocycles. The molecule has 1 aliphatic heterocycles. The van der Waals surface area contributed by atoms with Crippen molar-refractivity contribution in [1.82, 2.24) is 14.5 Å². The van der Waals surface area contributed by atoms with Crippen LogP contribution >= 0.6 is 0 Å². The van der Waals surface area contributed by atoms with Crippen LogP contribution in [0.1, 0.15) is 10.5 Å². The molecule has 0 spiro atoms. The molecule has 29 heavy (non-hydrogen) atoms. The van der Waals surface area contributed by atoms with Crippen molar-refractivity contribution in [1.29, 1.82) is 0 Å². The molecule has 1 aromatic carbocycles. The Morgan fingerprint density at radius 1 is 1.17 bits per heavy atom. The SMILES string of the molecule is COC(=O)c1cc(Nc2nc(Nc3ccc4c(c3)OCCO4)ncc2F)cn1C. The van der Waals surface area contributed by atoms with Gasteiger partial charge in [-0.15, -0.1) is 0 Å². The van der Waals surface area contributed by atoms with Gasteiger partial charge < -0.3 is 29.4 Å². The number of carbonyl (C=O) groups is 1. The molecular formula is C19H18FN5O4. The summed E-state index contributed by atoms with van der Waals surface area (Å²) < 4.78 is 31.5. The first kappa shape index (κ1) is 18.5. The summed E-state index contributed by atoms with van der Waals surface area (Å²) in [7, 11) is 2.98. The van der Waals surface area contributed by atoms with Gasteiger partial charge in [-0.2, -0.15) is 4.98 Å². The van der Waals surface area contributed by atoms with Crippen LogP contribution in [0.4, 0.5) is 27.5 Å². The van der Waals surface area contributed by atoms with Crippen molar-refractivity contribution in [3.63, 3.8) is 0 Å². The smallest absolute Gasteiger partial charge is 0.354 e. The average molecular weight is 399 g/mol. The third-order valence-electron chi connectivity index (χ3n) is 4.20. The Balaban J connectivity index is 1.54. The number of aromatic nitrogens is 3. The van der Waals surface area contributed by atoms with Crippen LogP contribution in [0, 0.1) is 5.82 Å². The van der Waals surface area contributed by atoms with Crippen LogP contribution in [-0.2, 0) is 11.8 Å². The Morgan fingerprint density at radius 3 is 2.76 bits per heavy atom. The fourth-order valence-corrected chi connectivity index (χ4v) is 2.84. The summed E-state index contributed by atoms with van der Waals surface area (Å²) in [6.07, 6.45) is 2.68. The van der Waals surface area contributed by atoms with Gasteiger partial charge in [0.25, 0.3) is 0 Å². The number of nitrogens with zero attached hydrogens (tertiary/aromatic N) is 3. The molecule has 4 rings (SSSR count). The van der Waals surface area contributed by atoms with Gasteiger partial charge in [-0.25, -0.2) is 14.2 Å². The fourth-order valence-electron chi connectivity index (χ4n) is 2.84. The minimum absolute atomic E-state index is 0.0398. The van der Waals surface area contributed by atoms with E-state index in [2.05, 4.69) is 20.6 Å². The maximum atomic E-state index is 14.2. The van der Waals surface area contributed by atoms with E-state index in [1.807, 2.05) is 0 Å². The lowest BCUT2D eigenvalue weighted by Gasteiger charge is -2.19. The molecule has 3 heterocycles. The standard InChI is InChI=1S/C19H18FN5O4/c1-25-10-12(7-14(25)18(26)27-2)22-17-13(20)9-21-19(24-17)23-11-3-4-15-16(8-11)29-6-5-28-15/h3-4,7-10H,5-6H2,1-2H3,(H2,21,22,23,24). The summed E-state index contributed by atoms with van der Waals surface area (Å²) in [5.74, 6) is 0.290. The van der Waals surface area contributed by atoms with Crippen molar-refractivity contribution < 1.29 is 23.4 Å². The largest absolute Gasteiger partial charge is 0.486 e. The van der Waals surface area contributed by atoms with Crippen molar-refractivity contribution in [3.05, 3.63) is 48.2 Å². The van der Waals surface area contributed by atoms with Gasteiger partial charge in [0.05, 0.1) is 19.0 Å². The Hall–Kier alpha value is -3.82. The number of esters is 1. The van der Waals surface area contributed by atoms with E-state index in [-0.39, 0.29) is 11.8 Å². The predicted octanol–water partition coefficient (Wildman–Crippen LogP) is 3.00. The summed E-state index contributed by atoms with van der Waals surface area (Å²) in [5.41, 5.74) is 1.47. The van der Waals surface area contributed by atoms with E-state index in [9.17, 15) is 9.18 Å². The van der Waals surface area contributed by atoms with E-state index in [0.717, 1.165) is 6.20 Å². The monoisotopic (exact) mass is 399 g/mol. The maximum Gasteiger partial charge on any atom is 0.354 e. The number of ether oxygens (including phenoxy) is 3. The van der Waals surface area contributed by atoms with Gasteiger partial charge in [0.2, 0.25) is 5.95 Å². The molecule has 0 radical (unpaired) electrons. The van der Waals surface area contributed by atoms with Crippen LogP contribution in [0.25, 0.3) is 0 Å². The van der Waals surface area contributed by atoms with E-state index in [0.29, 0.717) is 41.8 Å². The highest BCUT2D eigenvalue weighted by atomic mass is 19.1. The molecule has 9 nitrogen and oxygen atoms in total. The van der Waals surface area contributed by atoms with E-state index >= 15 is 0 Å². The highest BCUT2D eigenvalue weighted by Gasteiger charge is 2.15. The predicted molar refractivity (Wildman–Crippen MR) is 103 cm³/mol. The van der Waals surface area contributed by atoms with Gasteiger partial charge in [-0.3, -0.25) is 0 Å². The zero-order valence-corrected chi connectivity index (χ0v) is 15.7. The second-order valence-electron chi connectivity index (χ2n) is 6.22. The normalized spacial score (nSPS) is 12.4. The second-order valence-corrected chi connectivity index (χ2v) is 6.22. The number of fused-ring (bicyclic) bond motifs is 1. The molecule has 10 heteroatoms. The number of hydrogen-bond donors (Lipinski definition) is 2. The highest BCUT2D eigenvalue weighted by molar-refractivity contribution is 5.89. The molecule has 0 atom stereocenters. The van der Waals surface area contributed by atoms with Crippen LogP contribution in [0.3, 0.4) is 0 Å². The lowest BCUT2D eigenvalue weighted by molar-refractivity contribution is 0.0590. The first-order valence-corrected chi connectivity index (χ1v) is 8.74. The summed E-state index contributed by atoms with van der Waals surface area (Å²) in [4.78, 5) is 19.9. The molecule has 150 valence electrons. The van der Waals surface area contributed by atoms with Crippen molar-refractivity contribution >= 4 is 29.1 Å². The van der Waals surface area contributed by atoms with Crippen LogP contribution in [-0.4, -0.2) is 40.8 Å². The third kappa shape index (κ3) is 3.91. The molecule has 3 aromatic rings. The van der Waals surface area contributed by atoms with E-state index in [1.165, 1.54) is 7.11 Å². The first-order valence-electron chi connectivity index (χ1n) is 8.74. The zero-order valence-electron chi connectivity index (χ0n) is 15.7. The third-order valence-corrected chi connectivity index (χ3v) is 4.20. The Morgan fingerprint density at radius 2 is 1.97 bits per heavy atom. The summed E-state index contributed by atoms with van der Waals surface area (Å²) in [6.45, 7) is 0.981. The molecule has 0 fully saturated rings. The average Bonchev–Trinajstić information content (AvgIpc) is 3.10. The van der Waals surface area contributed by atoms with Crippen molar-refractivity contribution in [2.24, 2.45) is 7.05 Å². The van der Waals surface area contributed by atoms with Gasteiger partial charge in [0.1, 0.15) is 18.9 Å². The number of hydrogen-bond acceptors (Lipinski definition) is 8. The molecule has 0 amide bonds. The number of aryl methyl sites for hydroxylation is 1. The van der Waals surface area contributed by atoms with Gasteiger partial charge in [0, 0.05) is 25.0 Å². The molecule has 0 unspecified atom stereocenters. The molecule has 2 aromatic heterocycles. The van der Waals surface area contributed by atoms with Crippen LogP contribution in [0.5, 0.6) is 11.5 Å². The molecule has 0 aliphatic carbocycles. The molecule has 1 aliphatic rings. The molecule has 0 saturated heterocycles. The van der Waals surface area contributed by atoms with Gasteiger partial charge in [0.15, 0.2) is 23.1 Å². The number of methoxy groups -OCH3 is 1. The lowest BCUT2D eigenvalue weighted by atomic mass is 10.2. The van der Waals surface area contributed by atoms with Crippen LogP contribution in [0.15, 0.2) is 36.7 Å². The van der Waals surface area contributed by atoms with Crippen molar-refractivity contribution in [2.75, 3.05) is 31.0 Å². The summed E-state index contributed by atoms with van der Waals surface area (Å²) in [6, 6.07) is 6.86. The fraction of sp³-hybridized carbons (Fsp3) is 0.211. The van der Waals surface area contributed by atoms with E-state index in [4.69, 9.17) is 14.2 Å². The Bertz CT molecular complexity index is 1070. The van der Waals surface area contributed by atoms with Crippen LogP contribution < -0.4 is 20.1 Å². The quantitative estimate of drug-likeness (QED) is 0.632. The van der Waals surface area contributed by atoms with Gasteiger partial charge >= 0.3 is 5.97 Å². The number of anilines is 4. The number of nitrogens with one attached hydrogen (secondary N) is 2. The van der Waals surface area contributed by atoms with Crippen LogP contribution in [0.2, 0.25) is 0 Å². The summed E-state index contributed by atoms with van der Waals surface area (Å²) in [5, 5.41) is 5.86. The number of benzene rings is 1. The number of carbonyl (C=O) groups excluding carboxylic acids is 1. The maximum absolute atomic E-state index is 14.2. The van der Waals surface area contributed by atoms with E-state index in [1.54, 1.807) is 42.1 Å². The molecule has 2 N–H and O–H groups in total. The number of rotatable bonds is 5. The van der Waals surface area contributed by atoms with Crippen molar-refractivity contribution in [2.45, 2.75) is 0 Å². The zero-order chi connectivity index (χ0) is 20.4. The summed E-state index contributed by atoms with van der Waals surface area (Å²) >= 11 is 0. The lowest BCUT2D eigenvalue weighted by Crippen LogP contribution is -2.15. The Kier molecular flexibility index (Phi) is 4.90. The minimum atomic E-state index is -0.638. The first-order chi connectivity index (χ1) is 14.0. The van der Waals surface area contributed by atoms with Crippen molar-refractivity contribution in [3.8, 4) is 11.5 Å². The highest BCUT2D eigenvalue weighted by Crippen LogP contribution is 2.33. The topological polar surface area (TPSA) is 99.5 Å². The van der Waals surface area contributed by atoms with Gasteiger partial charge in [-0.05, 0) is 18.2 Å². The van der Waals surface area contributed by atoms with E-state index < -0.39 is 11.8 Å². The molecule has 0 bridgehead atoms. The minimum Gasteiger partial charge on any atom is -0.486 e.